The summed E-state index contributed by atoms with van der Waals surface area (Å²) >= 11 is 0. The predicted octanol–water partition coefficient (Wildman–Crippen LogP) is 1.21. The first-order valence-electron chi connectivity index (χ1n) is 8.56. The Morgan fingerprint density at radius 2 is 1.52 bits per heavy atom. The van der Waals surface area contributed by atoms with Gasteiger partial charge in [0.1, 0.15) is 0 Å². The molecule has 1 unspecified atom stereocenters. The monoisotopic (exact) mass is 330 g/mol. The van der Waals surface area contributed by atoms with Crippen molar-refractivity contribution < 1.29 is 19.8 Å². The Hall–Kier alpha value is -1.14. The highest BCUT2D eigenvalue weighted by Gasteiger charge is 2.21. The summed E-state index contributed by atoms with van der Waals surface area (Å²) in [6, 6.07) is 0. The second-order valence-corrected chi connectivity index (χ2v) is 7.04. The molecule has 0 bridgehead atoms. The number of carbonyl (C=O) groups is 2. The summed E-state index contributed by atoms with van der Waals surface area (Å²) in [6.07, 6.45) is 3.59. The van der Waals surface area contributed by atoms with E-state index in [1.54, 1.807) is 0 Å². The van der Waals surface area contributed by atoms with Crippen molar-refractivity contribution in [1.29, 1.82) is 0 Å². The number of aliphatic hydroxyl groups excluding tert-OH is 2. The van der Waals surface area contributed by atoms with E-state index >= 15 is 0 Å². The molecule has 136 valence electrons. The Morgan fingerprint density at radius 1 is 1.00 bits per heavy atom. The van der Waals surface area contributed by atoms with Crippen LogP contribution in [0.5, 0.6) is 0 Å². The smallest absolute Gasteiger partial charge is 0.220 e. The molecule has 0 rings (SSSR count). The fourth-order valence-electron chi connectivity index (χ4n) is 2.57. The summed E-state index contributed by atoms with van der Waals surface area (Å²) in [7, 11) is 0. The molecule has 4 N–H and O–H groups in total. The van der Waals surface area contributed by atoms with Gasteiger partial charge in [0.25, 0.3) is 0 Å². The van der Waals surface area contributed by atoms with Gasteiger partial charge in [0.15, 0.2) is 0 Å². The quantitative estimate of drug-likeness (QED) is 0.408. The van der Waals surface area contributed by atoms with Crippen LogP contribution < -0.4 is 10.6 Å². The Bertz CT molecular complexity index is 345. The van der Waals surface area contributed by atoms with Gasteiger partial charge >= 0.3 is 0 Å². The molecule has 1 atom stereocenters. The molecule has 0 aromatic rings. The van der Waals surface area contributed by atoms with Crippen molar-refractivity contribution in [3.05, 3.63) is 0 Å². The average Bonchev–Trinajstić information content (AvgIpc) is 2.48. The first-order valence-corrected chi connectivity index (χ1v) is 8.56. The molecule has 6 heteroatoms. The normalized spacial score (nSPS) is 12.7. The third-order valence-corrected chi connectivity index (χ3v) is 3.75. The lowest BCUT2D eigenvalue weighted by Gasteiger charge is -2.28. The van der Waals surface area contributed by atoms with Gasteiger partial charge in [-0.15, -0.1) is 0 Å². The molecule has 0 spiro atoms. The maximum absolute atomic E-state index is 11.6. The van der Waals surface area contributed by atoms with Crippen LogP contribution in [0.2, 0.25) is 0 Å². The summed E-state index contributed by atoms with van der Waals surface area (Å²) in [5.41, 5.74) is -0.00477. The van der Waals surface area contributed by atoms with Crippen LogP contribution in [0.1, 0.15) is 59.3 Å². The van der Waals surface area contributed by atoms with Crippen LogP contribution in [0, 0.1) is 11.3 Å². The van der Waals surface area contributed by atoms with Gasteiger partial charge in [0, 0.05) is 39.1 Å². The molecule has 0 aliphatic carbocycles. The third-order valence-electron chi connectivity index (χ3n) is 3.75. The van der Waals surface area contributed by atoms with Crippen LogP contribution in [0.4, 0.5) is 0 Å². The van der Waals surface area contributed by atoms with E-state index in [9.17, 15) is 9.59 Å². The second-order valence-electron chi connectivity index (χ2n) is 7.04. The van der Waals surface area contributed by atoms with Gasteiger partial charge in [-0.1, -0.05) is 20.8 Å². The third kappa shape index (κ3) is 13.0. The minimum atomic E-state index is -0.0177. The van der Waals surface area contributed by atoms with Crippen molar-refractivity contribution >= 4 is 11.8 Å². The fraction of sp³-hybridized carbons (Fsp3) is 0.882. The van der Waals surface area contributed by atoms with Crippen LogP contribution in [-0.2, 0) is 9.59 Å². The van der Waals surface area contributed by atoms with E-state index in [2.05, 4.69) is 31.4 Å². The van der Waals surface area contributed by atoms with Crippen LogP contribution in [0.25, 0.3) is 0 Å². The van der Waals surface area contributed by atoms with Gasteiger partial charge in [0.05, 0.1) is 0 Å². The molecule has 0 fully saturated rings. The first kappa shape index (κ1) is 21.9. The van der Waals surface area contributed by atoms with Crippen molar-refractivity contribution in [2.75, 3.05) is 26.3 Å². The topological polar surface area (TPSA) is 98.7 Å². The molecule has 0 aromatic heterocycles. The number of rotatable bonds is 13. The van der Waals surface area contributed by atoms with Crippen LogP contribution in [0.3, 0.4) is 0 Å². The van der Waals surface area contributed by atoms with E-state index in [1.807, 2.05) is 0 Å². The van der Waals surface area contributed by atoms with Crippen molar-refractivity contribution in [1.82, 2.24) is 10.6 Å². The zero-order valence-corrected chi connectivity index (χ0v) is 14.9. The first-order chi connectivity index (χ1) is 10.8. The maximum atomic E-state index is 11.6. The molecule has 0 heterocycles. The molecule has 6 nitrogen and oxygen atoms in total. The fourth-order valence-corrected chi connectivity index (χ4v) is 2.57. The van der Waals surface area contributed by atoms with Crippen LogP contribution in [0.15, 0.2) is 0 Å². The lowest BCUT2D eigenvalue weighted by atomic mass is 9.82. The molecule has 2 amide bonds. The molecular weight excluding hydrogens is 296 g/mol. The van der Waals surface area contributed by atoms with Crippen LogP contribution >= 0.6 is 0 Å². The van der Waals surface area contributed by atoms with Crippen molar-refractivity contribution in [2.24, 2.45) is 11.3 Å². The highest BCUT2D eigenvalue weighted by molar-refractivity contribution is 5.76. The van der Waals surface area contributed by atoms with E-state index in [0.29, 0.717) is 44.7 Å². The molecule has 0 radical (unpaired) electrons. The second kappa shape index (κ2) is 12.3. The van der Waals surface area contributed by atoms with Gasteiger partial charge in [0.2, 0.25) is 11.8 Å². The summed E-state index contributed by atoms with van der Waals surface area (Å²) in [4.78, 5) is 23.0. The number of carbonyl (C=O) groups excluding carboxylic acids is 2. The van der Waals surface area contributed by atoms with E-state index < -0.39 is 0 Å². The standard InChI is InChI=1S/C17H34N2O4/c1-14(8-9-18-15(22)6-4-10-20)12-17(2,3)13-19-16(23)7-5-11-21/h14,20-21H,4-13H2,1-3H3,(H,18,22)(H,19,23). The van der Waals surface area contributed by atoms with Gasteiger partial charge < -0.3 is 20.8 Å². The van der Waals surface area contributed by atoms with Crippen molar-refractivity contribution in [3.8, 4) is 0 Å². The number of aliphatic hydroxyl groups is 2. The summed E-state index contributed by atoms with van der Waals surface area (Å²) in [6.45, 7) is 7.73. The molecule has 0 aromatic carbocycles. The Morgan fingerprint density at radius 3 is 2.04 bits per heavy atom. The molecular formula is C17H34N2O4. The van der Waals surface area contributed by atoms with Crippen molar-refractivity contribution in [3.63, 3.8) is 0 Å². The number of hydrogen-bond donors (Lipinski definition) is 4. The molecule has 0 aliphatic rings. The highest BCUT2D eigenvalue weighted by atomic mass is 16.3. The zero-order chi connectivity index (χ0) is 17.7. The summed E-state index contributed by atoms with van der Waals surface area (Å²) in [5.74, 6) is 0.412. The van der Waals surface area contributed by atoms with Gasteiger partial charge in [-0.2, -0.15) is 0 Å². The van der Waals surface area contributed by atoms with Gasteiger partial charge in [-0.05, 0) is 37.0 Å². The summed E-state index contributed by atoms with van der Waals surface area (Å²) < 4.78 is 0. The number of hydrogen-bond acceptors (Lipinski definition) is 4. The SMILES string of the molecule is CC(CCNC(=O)CCCO)CC(C)(C)CNC(=O)CCCO. The highest BCUT2D eigenvalue weighted by Crippen LogP contribution is 2.26. The minimum absolute atomic E-state index is 0.00477. The molecule has 0 saturated carbocycles. The zero-order valence-electron chi connectivity index (χ0n) is 14.9. The lowest BCUT2D eigenvalue weighted by Crippen LogP contribution is -2.35. The van der Waals surface area contributed by atoms with E-state index in [1.165, 1.54) is 0 Å². The Balaban J connectivity index is 3.90. The minimum Gasteiger partial charge on any atom is -0.396 e. The van der Waals surface area contributed by atoms with Gasteiger partial charge in [-0.3, -0.25) is 9.59 Å². The van der Waals surface area contributed by atoms with Crippen molar-refractivity contribution in [2.45, 2.75) is 59.3 Å². The van der Waals surface area contributed by atoms with E-state index in [-0.39, 0.29) is 30.4 Å². The molecule has 23 heavy (non-hydrogen) atoms. The molecule has 0 saturated heterocycles. The maximum Gasteiger partial charge on any atom is 0.220 e. The predicted molar refractivity (Wildman–Crippen MR) is 90.8 cm³/mol. The largest absolute Gasteiger partial charge is 0.396 e. The number of nitrogens with one attached hydrogen (secondary N) is 2. The summed E-state index contributed by atoms with van der Waals surface area (Å²) in [5, 5.41) is 23.2. The van der Waals surface area contributed by atoms with Crippen LogP contribution in [-0.4, -0.2) is 48.3 Å². The van der Waals surface area contributed by atoms with Gasteiger partial charge in [-0.25, -0.2) is 0 Å². The average molecular weight is 330 g/mol. The number of amides is 2. The Kier molecular flexibility index (Phi) is 11.7. The Labute approximate surface area is 140 Å². The lowest BCUT2D eigenvalue weighted by molar-refractivity contribution is -0.122. The van der Waals surface area contributed by atoms with E-state index in [0.717, 1.165) is 12.8 Å². The molecule has 0 aliphatic heterocycles. The van der Waals surface area contributed by atoms with E-state index in [4.69, 9.17) is 10.2 Å².